The lowest BCUT2D eigenvalue weighted by Gasteiger charge is -2.16. The number of fused-ring (bicyclic) bond motifs is 1. The average Bonchev–Trinajstić information content (AvgIpc) is 2.63. The number of anilines is 1. The first-order chi connectivity index (χ1) is 12.2. The van der Waals surface area contributed by atoms with Gasteiger partial charge in [0.2, 0.25) is 5.91 Å². The van der Waals surface area contributed by atoms with E-state index in [1.165, 1.54) is 0 Å². The second kappa shape index (κ2) is 7.88. The Hall–Kier alpha value is -2.76. The van der Waals surface area contributed by atoms with Crippen molar-refractivity contribution >= 4 is 22.4 Å². The molecule has 3 rings (SSSR count). The highest BCUT2D eigenvalue weighted by Gasteiger charge is 2.19. The molecule has 1 aromatic heterocycles. The Morgan fingerprint density at radius 2 is 2.08 bits per heavy atom. The number of aromatic nitrogens is 1. The number of nitrogens with one attached hydrogen (secondary N) is 1. The number of carbonyl (C=O) groups is 1. The van der Waals surface area contributed by atoms with Gasteiger partial charge >= 0.3 is 0 Å². The highest BCUT2D eigenvalue weighted by molar-refractivity contribution is 5.98. The number of carbonyl (C=O) groups excluding carboxylic acids is 1. The molecule has 1 heterocycles. The van der Waals surface area contributed by atoms with Crippen molar-refractivity contribution in [1.29, 1.82) is 0 Å². The Kier molecular flexibility index (Phi) is 5.38. The first-order valence-corrected chi connectivity index (χ1v) is 8.13. The number of pyridine rings is 1. The first kappa shape index (κ1) is 17.1. The van der Waals surface area contributed by atoms with Gasteiger partial charge in [-0.05, 0) is 34.7 Å². The van der Waals surface area contributed by atoms with Gasteiger partial charge in [-0.2, -0.15) is 0 Å². The van der Waals surface area contributed by atoms with Crippen LogP contribution in [0, 0.1) is 0 Å². The van der Waals surface area contributed by atoms with Crippen molar-refractivity contribution in [2.45, 2.75) is 12.5 Å². The molecule has 5 nitrogen and oxygen atoms in total. The smallest absolute Gasteiger partial charge is 0.233 e. The van der Waals surface area contributed by atoms with Gasteiger partial charge in [0.05, 0.1) is 12.5 Å². The zero-order chi connectivity index (χ0) is 17.6. The van der Waals surface area contributed by atoms with Crippen molar-refractivity contribution in [3.8, 4) is 0 Å². The highest BCUT2D eigenvalue weighted by atomic mass is 16.5. The molecule has 3 aromatic rings. The molecule has 25 heavy (non-hydrogen) atoms. The SMILES string of the molecule is COCc1cccc(C(CN)C(=O)Nc2ccc3cnccc3c2)c1. The summed E-state index contributed by atoms with van der Waals surface area (Å²) >= 11 is 0. The second-order valence-electron chi connectivity index (χ2n) is 5.89. The van der Waals surface area contributed by atoms with Gasteiger partial charge in [-0.25, -0.2) is 0 Å². The molecule has 0 aliphatic rings. The van der Waals surface area contributed by atoms with Crippen molar-refractivity contribution in [2.24, 2.45) is 5.73 Å². The molecule has 5 heteroatoms. The zero-order valence-electron chi connectivity index (χ0n) is 14.1. The Morgan fingerprint density at radius 1 is 1.20 bits per heavy atom. The Bertz CT molecular complexity index is 879. The molecular weight excluding hydrogens is 314 g/mol. The van der Waals surface area contributed by atoms with Crippen molar-refractivity contribution in [1.82, 2.24) is 4.98 Å². The van der Waals surface area contributed by atoms with E-state index in [2.05, 4.69) is 10.3 Å². The number of amides is 1. The average molecular weight is 335 g/mol. The number of methoxy groups -OCH3 is 1. The number of rotatable bonds is 6. The summed E-state index contributed by atoms with van der Waals surface area (Å²) in [5.41, 5.74) is 8.53. The first-order valence-electron chi connectivity index (χ1n) is 8.13. The summed E-state index contributed by atoms with van der Waals surface area (Å²) in [5.74, 6) is -0.532. The molecule has 0 fully saturated rings. The zero-order valence-corrected chi connectivity index (χ0v) is 14.1. The van der Waals surface area contributed by atoms with Crippen LogP contribution in [-0.2, 0) is 16.1 Å². The van der Waals surface area contributed by atoms with E-state index in [1.54, 1.807) is 19.5 Å². The lowest BCUT2D eigenvalue weighted by molar-refractivity contribution is -0.117. The maximum absolute atomic E-state index is 12.7. The Morgan fingerprint density at radius 3 is 2.88 bits per heavy atom. The molecule has 1 atom stereocenters. The fourth-order valence-corrected chi connectivity index (χ4v) is 2.85. The maximum Gasteiger partial charge on any atom is 0.233 e. The van der Waals surface area contributed by atoms with Gasteiger partial charge in [0.15, 0.2) is 0 Å². The van der Waals surface area contributed by atoms with Crippen LogP contribution in [0.1, 0.15) is 17.0 Å². The molecule has 0 aliphatic heterocycles. The third kappa shape index (κ3) is 4.02. The third-order valence-electron chi connectivity index (χ3n) is 4.12. The van der Waals surface area contributed by atoms with Crippen LogP contribution in [0.2, 0.25) is 0 Å². The summed E-state index contributed by atoms with van der Waals surface area (Å²) in [4.78, 5) is 16.8. The predicted octanol–water partition coefficient (Wildman–Crippen LogP) is 3.06. The van der Waals surface area contributed by atoms with Gasteiger partial charge in [-0.3, -0.25) is 9.78 Å². The van der Waals surface area contributed by atoms with Crippen molar-refractivity contribution in [3.63, 3.8) is 0 Å². The van der Waals surface area contributed by atoms with Gasteiger partial charge in [-0.1, -0.05) is 30.3 Å². The van der Waals surface area contributed by atoms with Gasteiger partial charge in [0.25, 0.3) is 0 Å². The number of nitrogens with zero attached hydrogens (tertiary/aromatic N) is 1. The predicted molar refractivity (Wildman–Crippen MR) is 99.3 cm³/mol. The molecule has 1 unspecified atom stereocenters. The van der Waals surface area contributed by atoms with E-state index in [0.29, 0.717) is 6.61 Å². The van der Waals surface area contributed by atoms with Crippen LogP contribution in [0.3, 0.4) is 0 Å². The molecule has 2 aromatic carbocycles. The highest BCUT2D eigenvalue weighted by Crippen LogP contribution is 2.22. The van der Waals surface area contributed by atoms with Crippen molar-refractivity contribution < 1.29 is 9.53 Å². The van der Waals surface area contributed by atoms with Crippen LogP contribution < -0.4 is 11.1 Å². The fraction of sp³-hybridized carbons (Fsp3) is 0.200. The minimum Gasteiger partial charge on any atom is -0.380 e. The molecule has 0 saturated heterocycles. The summed E-state index contributed by atoms with van der Waals surface area (Å²) in [6.07, 6.45) is 3.53. The summed E-state index contributed by atoms with van der Waals surface area (Å²) in [5, 5.41) is 5.02. The Balaban J connectivity index is 1.80. The lowest BCUT2D eigenvalue weighted by atomic mass is 9.96. The van der Waals surface area contributed by atoms with Crippen molar-refractivity contribution in [3.05, 3.63) is 72.1 Å². The number of benzene rings is 2. The molecule has 0 radical (unpaired) electrons. The van der Waals surface area contributed by atoms with E-state index in [4.69, 9.17) is 10.5 Å². The summed E-state index contributed by atoms with van der Waals surface area (Å²) in [7, 11) is 1.65. The van der Waals surface area contributed by atoms with E-state index < -0.39 is 5.92 Å². The summed E-state index contributed by atoms with van der Waals surface area (Å²) < 4.78 is 5.16. The fourth-order valence-electron chi connectivity index (χ4n) is 2.85. The molecule has 0 saturated carbocycles. The normalized spacial score (nSPS) is 12.1. The van der Waals surface area contributed by atoms with E-state index in [0.717, 1.165) is 27.6 Å². The van der Waals surface area contributed by atoms with Crippen LogP contribution in [-0.4, -0.2) is 24.5 Å². The lowest BCUT2D eigenvalue weighted by Crippen LogP contribution is -2.27. The van der Waals surface area contributed by atoms with E-state index in [1.807, 2.05) is 48.5 Å². The molecule has 0 spiro atoms. The monoisotopic (exact) mass is 335 g/mol. The summed E-state index contributed by atoms with van der Waals surface area (Å²) in [6.45, 7) is 0.741. The minimum absolute atomic E-state index is 0.120. The molecule has 1 amide bonds. The number of hydrogen-bond acceptors (Lipinski definition) is 4. The molecular formula is C20H21N3O2. The molecule has 0 aliphatic carbocycles. The third-order valence-corrected chi connectivity index (χ3v) is 4.12. The number of hydrogen-bond donors (Lipinski definition) is 2. The standard InChI is InChI=1S/C20H21N3O2/c1-25-13-14-3-2-4-16(9-14)19(11-21)20(24)23-18-6-5-17-12-22-8-7-15(17)10-18/h2-10,12,19H,11,13,21H2,1H3,(H,23,24). The van der Waals surface area contributed by atoms with Crippen molar-refractivity contribution in [2.75, 3.05) is 19.0 Å². The van der Waals surface area contributed by atoms with Crippen LogP contribution >= 0.6 is 0 Å². The van der Waals surface area contributed by atoms with Gasteiger partial charge in [0, 0.05) is 37.1 Å². The quantitative estimate of drug-likeness (QED) is 0.726. The minimum atomic E-state index is -0.412. The van der Waals surface area contributed by atoms with Crippen LogP contribution in [0.25, 0.3) is 10.8 Å². The van der Waals surface area contributed by atoms with Crippen LogP contribution in [0.5, 0.6) is 0 Å². The topological polar surface area (TPSA) is 77.2 Å². The van der Waals surface area contributed by atoms with E-state index >= 15 is 0 Å². The molecule has 128 valence electrons. The molecule has 0 bridgehead atoms. The van der Waals surface area contributed by atoms with Gasteiger partial charge in [-0.15, -0.1) is 0 Å². The maximum atomic E-state index is 12.7. The largest absolute Gasteiger partial charge is 0.380 e. The van der Waals surface area contributed by atoms with Gasteiger partial charge < -0.3 is 15.8 Å². The van der Waals surface area contributed by atoms with E-state index in [-0.39, 0.29) is 12.5 Å². The number of ether oxygens (including phenoxy) is 1. The summed E-state index contributed by atoms with van der Waals surface area (Å²) in [6, 6.07) is 15.4. The number of nitrogens with two attached hydrogens (primary N) is 1. The van der Waals surface area contributed by atoms with E-state index in [9.17, 15) is 4.79 Å². The van der Waals surface area contributed by atoms with Gasteiger partial charge in [0.1, 0.15) is 0 Å². The Labute approximate surface area is 146 Å². The van der Waals surface area contributed by atoms with Crippen LogP contribution in [0.4, 0.5) is 5.69 Å². The molecule has 3 N–H and O–H groups in total. The second-order valence-corrected chi connectivity index (χ2v) is 5.89. The van der Waals surface area contributed by atoms with Crippen LogP contribution in [0.15, 0.2) is 60.9 Å².